The Morgan fingerprint density at radius 2 is 1.88 bits per heavy atom. The summed E-state index contributed by atoms with van der Waals surface area (Å²) in [6.45, 7) is 6.10. The summed E-state index contributed by atoms with van der Waals surface area (Å²) in [5.74, 6) is 0.482. The fourth-order valence-electron chi connectivity index (χ4n) is 4.31. The van der Waals surface area contributed by atoms with Crippen molar-refractivity contribution in [3.63, 3.8) is 0 Å². The van der Waals surface area contributed by atoms with Crippen LogP contribution in [0.15, 0.2) is 53.7 Å². The van der Waals surface area contributed by atoms with Gasteiger partial charge in [-0.1, -0.05) is 43.8 Å². The lowest BCUT2D eigenvalue weighted by Crippen LogP contribution is -2.44. The summed E-state index contributed by atoms with van der Waals surface area (Å²) >= 11 is 1.27. The number of fused-ring (bicyclic) bond motifs is 1. The van der Waals surface area contributed by atoms with Crippen molar-refractivity contribution in [2.24, 2.45) is 11.8 Å². The number of carbonyl (C=O) groups is 2. The molecule has 2 atom stereocenters. The van der Waals surface area contributed by atoms with Gasteiger partial charge in [-0.25, -0.2) is 9.37 Å². The Labute approximate surface area is 191 Å². The van der Waals surface area contributed by atoms with E-state index in [1.165, 1.54) is 23.9 Å². The summed E-state index contributed by atoms with van der Waals surface area (Å²) in [5, 5.41) is 3.31. The zero-order valence-corrected chi connectivity index (χ0v) is 19.1. The summed E-state index contributed by atoms with van der Waals surface area (Å²) < 4.78 is 15.2. The molecule has 6 nitrogen and oxygen atoms in total. The molecule has 1 fully saturated rings. The second-order valence-corrected chi connectivity index (χ2v) is 9.50. The second kappa shape index (κ2) is 9.73. The number of aromatic nitrogens is 2. The van der Waals surface area contributed by atoms with Crippen molar-refractivity contribution in [2.75, 3.05) is 24.2 Å². The molecule has 0 radical (unpaired) electrons. The molecule has 2 aromatic carbocycles. The van der Waals surface area contributed by atoms with Crippen LogP contribution in [0, 0.1) is 17.7 Å². The van der Waals surface area contributed by atoms with Gasteiger partial charge in [0.2, 0.25) is 11.8 Å². The van der Waals surface area contributed by atoms with Crippen LogP contribution < -0.4 is 5.32 Å². The van der Waals surface area contributed by atoms with E-state index in [1.54, 1.807) is 12.1 Å². The number of amides is 2. The van der Waals surface area contributed by atoms with Crippen LogP contribution in [0.5, 0.6) is 0 Å². The maximum atomic E-state index is 13.4. The average Bonchev–Trinajstić information content (AvgIpc) is 3.09. The van der Waals surface area contributed by atoms with Crippen LogP contribution in [-0.4, -0.2) is 45.1 Å². The van der Waals surface area contributed by atoms with E-state index in [0.717, 1.165) is 30.5 Å². The van der Waals surface area contributed by atoms with Crippen molar-refractivity contribution in [1.82, 2.24) is 14.5 Å². The van der Waals surface area contributed by atoms with Gasteiger partial charge in [-0.05, 0) is 48.6 Å². The molecule has 0 aliphatic carbocycles. The molecular weight excluding hydrogens is 427 g/mol. The van der Waals surface area contributed by atoms with E-state index in [1.807, 2.05) is 33.7 Å². The van der Waals surface area contributed by atoms with Crippen molar-refractivity contribution in [2.45, 2.75) is 32.0 Å². The first-order valence-electron chi connectivity index (χ1n) is 10.8. The Balaban J connectivity index is 1.49. The number of benzene rings is 2. The number of para-hydroxylation sites is 2. The largest absolute Gasteiger partial charge is 0.341 e. The van der Waals surface area contributed by atoms with E-state index >= 15 is 0 Å². The molecule has 3 aromatic rings. The van der Waals surface area contributed by atoms with Gasteiger partial charge in [0, 0.05) is 18.8 Å². The number of nitrogens with zero attached hydrogens (tertiary/aromatic N) is 3. The topological polar surface area (TPSA) is 67.2 Å². The first kappa shape index (κ1) is 22.3. The van der Waals surface area contributed by atoms with E-state index in [0.29, 0.717) is 22.7 Å². The number of piperidine rings is 1. The number of carbonyl (C=O) groups excluding carboxylic acids is 2. The number of likely N-dealkylation sites (tertiary alicyclic amines) is 1. The Hall–Kier alpha value is -2.87. The number of hydrogen-bond acceptors (Lipinski definition) is 4. The molecule has 0 bridgehead atoms. The number of imidazole rings is 1. The second-order valence-electron chi connectivity index (χ2n) is 8.56. The maximum Gasteiger partial charge on any atom is 0.242 e. The molecule has 1 N–H and O–H groups in total. The summed E-state index contributed by atoms with van der Waals surface area (Å²) in [6.07, 6.45) is 1.14. The Bertz CT molecular complexity index is 1120. The first-order chi connectivity index (χ1) is 15.4. The van der Waals surface area contributed by atoms with Gasteiger partial charge in [-0.15, -0.1) is 0 Å². The molecule has 1 saturated heterocycles. The first-order valence-corrected chi connectivity index (χ1v) is 11.8. The number of halogens is 1. The van der Waals surface area contributed by atoms with E-state index < -0.39 is 5.82 Å². The molecule has 8 heteroatoms. The minimum Gasteiger partial charge on any atom is -0.341 e. The van der Waals surface area contributed by atoms with Crippen molar-refractivity contribution in [3.8, 4) is 0 Å². The minimum atomic E-state index is -0.405. The monoisotopic (exact) mass is 454 g/mol. The molecule has 4 rings (SSSR count). The third-order valence-electron chi connectivity index (χ3n) is 5.58. The molecule has 2 heterocycles. The fraction of sp³-hybridized carbons (Fsp3) is 0.375. The highest BCUT2D eigenvalue weighted by Crippen LogP contribution is 2.26. The van der Waals surface area contributed by atoms with Crippen LogP contribution in [0.3, 0.4) is 0 Å². The SMILES string of the molecule is C[C@@H]1C[C@H](C)CN(C(=O)Cn2c(SCC(=O)Nc3cccc(F)c3)nc3ccccc32)C1. The molecule has 168 valence electrons. The van der Waals surface area contributed by atoms with Crippen LogP contribution in [0.4, 0.5) is 10.1 Å². The van der Waals surface area contributed by atoms with Gasteiger partial charge in [-0.2, -0.15) is 0 Å². The molecule has 0 saturated carbocycles. The number of hydrogen-bond donors (Lipinski definition) is 1. The summed E-state index contributed by atoms with van der Waals surface area (Å²) in [5.41, 5.74) is 2.06. The van der Waals surface area contributed by atoms with E-state index in [-0.39, 0.29) is 24.1 Å². The molecule has 1 aliphatic rings. The van der Waals surface area contributed by atoms with Crippen LogP contribution in [0.2, 0.25) is 0 Å². The highest BCUT2D eigenvalue weighted by atomic mass is 32.2. The predicted octanol–water partition coefficient (Wildman–Crippen LogP) is 4.41. The van der Waals surface area contributed by atoms with Crippen LogP contribution in [0.25, 0.3) is 11.0 Å². The normalized spacial score (nSPS) is 18.7. The van der Waals surface area contributed by atoms with Gasteiger partial charge in [0.25, 0.3) is 0 Å². The third kappa shape index (κ3) is 5.30. The quantitative estimate of drug-likeness (QED) is 0.560. The van der Waals surface area contributed by atoms with Gasteiger partial charge < -0.3 is 14.8 Å². The number of nitrogens with one attached hydrogen (secondary N) is 1. The van der Waals surface area contributed by atoms with Crippen LogP contribution in [-0.2, 0) is 16.1 Å². The number of rotatable bonds is 6. The molecule has 0 spiro atoms. The Kier molecular flexibility index (Phi) is 6.79. The average molecular weight is 455 g/mol. The highest BCUT2D eigenvalue weighted by molar-refractivity contribution is 7.99. The lowest BCUT2D eigenvalue weighted by Gasteiger charge is -2.35. The molecule has 1 aliphatic heterocycles. The number of anilines is 1. The third-order valence-corrected chi connectivity index (χ3v) is 6.55. The molecule has 2 amide bonds. The lowest BCUT2D eigenvalue weighted by atomic mass is 9.92. The van der Waals surface area contributed by atoms with Crippen molar-refractivity contribution >= 4 is 40.3 Å². The van der Waals surface area contributed by atoms with Gasteiger partial charge in [0.1, 0.15) is 12.4 Å². The van der Waals surface area contributed by atoms with Gasteiger partial charge in [-0.3, -0.25) is 9.59 Å². The molecule has 0 unspecified atom stereocenters. The van der Waals surface area contributed by atoms with Crippen molar-refractivity contribution in [1.29, 1.82) is 0 Å². The van der Waals surface area contributed by atoms with E-state index in [4.69, 9.17) is 0 Å². The van der Waals surface area contributed by atoms with Gasteiger partial charge in [0.15, 0.2) is 5.16 Å². The van der Waals surface area contributed by atoms with E-state index in [2.05, 4.69) is 24.1 Å². The summed E-state index contributed by atoms with van der Waals surface area (Å²) in [7, 11) is 0. The Morgan fingerprint density at radius 1 is 1.12 bits per heavy atom. The molecule has 32 heavy (non-hydrogen) atoms. The fourth-order valence-corrected chi connectivity index (χ4v) is 5.13. The zero-order valence-electron chi connectivity index (χ0n) is 18.3. The number of thioether (sulfide) groups is 1. The zero-order chi connectivity index (χ0) is 22.7. The maximum absolute atomic E-state index is 13.4. The van der Waals surface area contributed by atoms with Gasteiger partial charge in [0.05, 0.1) is 16.8 Å². The van der Waals surface area contributed by atoms with Crippen LogP contribution >= 0.6 is 11.8 Å². The van der Waals surface area contributed by atoms with E-state index in [9.17, 15) is 14.0 Å². The highest BCUT2D eigenvalue weighted by Gasteiger charge is 2.26. The predicted molar refractivity (Wildman–Crippen MR) is 125 cm³/mol. The summed E-state index contributed by atoms with van der Waals surface area (Å²) in [6, 6.07) is 13.4. The van der Waals surface area contributed by atoms with Crippen molar-refractivity contribution < 1.29 is 14.0 Å². The molecular formula is C24H27FN4O2S. The summed E-state index contributed by atoms with van der Waals surface area (Å²) in [4.78, 5) is 32.1. The minimum absolute atomic E-state index is 0.0672. The van der Waals surface area contributed by atoms with Crippen molar-refractivity contribution in [3.05, 3.63) is 54.3 Å². The standard InChI is InChI=1S/C24H27FN4O2S/c1-16-10-17(2)13-28(12-16)23(31)14-29-21-9-4-3-8-20(21)27-24(29)32-15-22(30)26-19-7-5-6-18(25)11-19/h3-9,11,16-17H,10,12-15H2,1-2H3,(H,26,30)/t16-,17+. The smallest absolute Gasteiger partial charge is 0.242 e. The van der Waals surface area contributed by atoms with Gasteiger partial charge >= 0.3 is 0 Å². The lowest BCUT2D eigenvalue weighted by molar-refractivity contribution is -0.134. The molecule has 1 aromatic heterocycles. The van der Waals surface area contributed by atoms with Crippen LogP contribution in [0.1, 0.15) is 20.3 Å². The Morgan fingerprint density at radius 3 is 2.62 bits per heavy atom.